The quantitative estimate of drug-likeness (QED) is 0.202. The van der Waals surface area contributed by atoms with Crippen molar-refractivity contribution < 1.29 is 4.74 Å². The SMILES string of the molecule is C=CC(C)(/C=C/c1ccc(OCCCCN2CCN(CCCN(C)C)CC2)cc1)CCC=C(C)C. The molecule has 1 heterocycles. The Balaban J connectivity index is 1.61. The molecule has 1 aliphatic rings. The van der Waals surface area contributed by atoms with Crippen LogP contribution in [0.4, 0.5) is 0 Å². The fraction of sp³-hybridized carbons (Fsp3) is 0.613. The van der Waals surface area contributed by atoms with Crippen molar-refractivity contribution in [2.24, 2.45) is 5.41 Å². The van der Waals surface area contributed by atoms with Gasteiger partial charge in [0.1, 0.15) is 5.75 Å². The maximum atomic E-state index is 6.00. The van der Waals surface area contributed by atoms with E-state index in [9.17, 15) is 0 Å². The van der Waals surface area contributed by atoms with E-state index in [1.165, 1.54) is 69.8 Å². The molecule has 1 saturated heterocycles. The van der Waals surface area contributed by atoms with Crippen molar-refractivity contribution in [3.8, 4) is 5.75 Å². The molecule has 0 aromatic heterocycles. The molecular weight excluding hydrogens is 430 g/mol. The summed E-state index contributed by atoms with van der Waals surface area (Å²) in [5.41, 5.74) is 2.59. The highest BCUT2D eigenvalue weighted by Gasteiger charge is 2.16. The summed E-state index contributed by atoms with van der Waals surface area (Å²) in [4.78, 5) is 7.50. The standard InChI is InChI=1S/C31H51N3O/c1-7-31(4,18-10-12-28(2)3)19-17-29-13-15-30(16-14-29)35-27-9-8-21-33-23-25-34(26-24-33)22-11-20-32(5)6/h7,12-17,19H,1,8-11,18,20-27H2,2-6H3/b19-17+. The molecule has 0 saturated carbocycles. The Kier molecular flexibility index (Phi) is 13.4. The molecule has 1 atom stereocenters. The van der Waals surface area contributed by atoms with E-state index < -0.39 is 0 Å². The van der Waals surface area contributed by atoms with Gasteiger partial charge in [0.15, 0.2) is 0 Å². The molecule has 0 radical (unpaired) electrons. The molecule has 4 nitrogen and oxygen atoms in total. The van der Waals surface area contributed by atoms with Gasteiger partial charge in [-0.25, -0.2) is 0 Å². The second kappa shape index (κ2) is 16.0. The number of hydrogen-bond acceptors (Lipinski definition) is 4. The smallest absolute Gasteiger partial charge is 0.119 e. The Morgan fingerprint density at radius 2 is 1.63 bits per heavy atom. The van der Waals surface area contributed by atoms with Gasteiger partial charge in [0.2, 0.25) is 0 Å². The first-order valence-electron chi connectivity index (χ1n) is 13.6. The van der Waals surface area contributed by atoms with Gasteiger partial charge in [-0.15, -0.1) is 6.58 Å². The fourth-order valence-corrected chi connectivity index (χ4v) is 4.36. The zero-order valence-corrected chi connectivity index (χ0v) is 23.3. The third-order valence-electron chi connectivity index (χ3n) is 6.92. The molecule has 2 rings (SSSR count). The molecule has 0 bridgehead atoms. The molecule has 0 spiro atoms. The second-order valence-electron chi connectivity index (χ2n) is 10.8. The monoisotopic (exact) mass is 481 g/mol. The van der Waals surface area contributed by atoms with Gasteiger partial charge in [-0.05, 0) is 97.4 Å². The number of ether oxygens (including phenoxy) is 1. The van der Waals surface area contributed by atoms with Gasteiger partial charge >= 0.3 is 0 Å². The summed E-state index contributed by atoms with van der Waals surface area (Å²) in [7, 11) is 4.31. The van der Waals surface area contributed by atoms with E-state index in [0.29, 0.717) is 0 Å². The molecule has 0 amide bonds. The van der Waals surface area contributed by atoms with Gasteiger partial charge in [-0.3, -0.25) is 0 Å². The summed E-state index contributed by atoms with van der Waals surface area (Å²) in [6.07, 6.45) is 14.6. The third-order valence-corrected chi connectivity index (χ3v) is 6.92. The minimum atomic E-state index is 0.0137. The number of allylic oxidation sites excluding steroid dienone is 4. The van der Waals surface area contributed by atoms with E-state index in [2.05, 4.69) is 105 Å². The number of nitrogens with zero attached hydrogens (tertiary/aromatic N) is 3. The maximum absolute atomic E-state index is 6.00. The van der Waals surface area contributed by atoms with E-state index in [0.717, 1.165) is 31.6 Å². The first kappa shape index (κ1) is 29.4. The minimum absolute atomic E-state index is 0.0137. The van der Waals surface area contributed by atoms with Gasteiger partial charge in [-0.2, -0.15) is 0 Å². The highest BCUT2D eigenvalue weighted by molar-refractivity contribution is 5.52. The average Bonchev–Trinajstić information content (AvgIpc) is 2.84. The Morgan fingerprint density at radius 1 is 1.00 bits per heavy atom. The number of rotatable bonds is 16. The van der Waals surface area contributed by atoms with Crippen LogP contribution in [-0.2, 0) is 0 Å². The fourth-order valence-electron chi connectivity index (χ4n) is 4.36. The number of piperazine rings is 1. The molecule has 1 aliphatic heterocycles. The van der Waals surface area contributed by atoms with E-state index in [1.54, 1.807) is 0 Å². The lowest BCUT2D eigenvalue weighted by Crippen LogP contribution is -2.47. The van der Waals surface area contributed by atoms with Gasteiger partial charge in [0.25, 0.3) is 0 Å². The van der Waals surface area contributed by atoms with Gasteiger partial charge in [0, 0.05) is 31.6 Å². The predicted octanol–water partition coefficient (Wildman–Crippen LogP) is 6.37. The van der Waals surface area contributed by atoms with Crippen LogP contribution in [0.1, 0.15) is 58.4 Å². The van der Waals surface area contributed by atoms with E-state index in [1.807, 2.05) is 0 Å². The Bertz CT molecular complexity index is 771. The van der Waals surface area contributed by atoms with Crippen LogP contribution in [0.5, 0.6) is 5.75 Å². The normalized spacial score (nSPS) is 17.0. The van der Waals surface area contributed by atoms with E-state index >= 15 is 0 Å². The van der Waals surface area contributed by atoms with Crippen LogP contribution in [0.25, 0.3) is 6.08 Å². The average molecular weight is 482 g/mol. The van der Waals surface area contributed by atoms with Crippen LogP contribution in [-0.4, -0.2) is 81.2 Å². The third kappa shape index (κ3) is 12.6. The van der Waals surface area contributed by atoms with Crippen molar-refractivity contribution in [3.05, 3.63) is 60.2 Å². The lowest BCUT2D eigenvalue weighted by atomic mass is 9.84. The molecule has 1 aromatic carbocycles. The molecule has 1 aromatic rings. The summed E-state index contributed by atoms with van der Waals surface area (Å²) in [6.45, 7) is 19.9. The number of benzene rings is 1. The van der Waals surface area contributed by atoms with Crippen LogP contribution in [0.2, 0.25) is 0 Å². The van der Waals surface area contributed by atoms with Gasteiger partial charge < -0.3 is 19.4 Å². The zero-order valence-electron chi connectivity index (χ0n) is 23.3. The van der Waals surface area contributed by atoms with Gasteiger partial charge in [-0.1, -0.05) is 48.9 Å². The van der Waals surface area contributed by atoms with Crippen molar-refractivity contribution in [2.45, 2.75) is 52.9 Å². The van der Waals surface area contributed by atoms with Crippen LogP contribution in [0.3, 0.4) is 0 Å². The van der Waals surface area contributed by atoms with Gasteiger partial charge in [0.05, 0.1) is 6.61 Å². The summed E-state index contributed by atoms with van der Waals surface area (Å²) in [5.74, 6) is 0.962. The Hall–Kier alpha value is -1.88. The Morgan fingerprint density at radius 3 is 2.20 bits per heavy atom. The minimum Gasteiger partial charge on any atom is -0.494 e. The lowest BCUT2D eigenvalue weighted by Gasteiger charge is -2.34. The summed E-state index contributed by atoms with van der Waals surface area (Å²) < 4.78 is 6.00. The van der Waals surface area contributed by atoms with E-state index in [-0.39, 0.29) is 5.41 Å². The topological polar surface area (TPSA) is 19.0 Å². The molecule has 0 N–H and O–H groups in total. The highest BCUT2D eigenvalue weighted by Crippen LogP contribution is 2.28. The molecular formula is C31H51N3O. The molecule has 196 valence electrons. The maximum Gasteiger partial charge on any atom is 0.119 e. The van der Waals surface area contributed by atoms with Crippen molar-refractivity contribution in [1.82, 2.24) is 14.7 Å². The van der Waals surface area contributed by atoms with Crippen molar-refractivity contribution in [2.75, 3.05) is 66.5 Å². The first-order chi connectivity index (χ1) is 16.8. The second-order valence-corrected chi connectivity index (χ2v) is 10.8. The Labute approximate surface area is 216 Å². The van der Waals surface area contributed by atoms with Crippen molar-refractivity contribution in [3.63, 3.8) is 0 Å². The molecule has 4 heteroatoms. The number of hydrogen-bond donors (Lipinski definition) is 0. The largest absolute Gasteiger partial charge is 0.494 e. The van der Waals surface area contributed by atoms with Crippen molar-refractivity contribution in [1.29, 1.82) is 0 Å². The van der Waals surface area contributed by atoms with E-state index in [4.69, 9.17) is 4.74 Å². The predicted molar refractivity (Wildman–Crippen MR) is 153 cm³/mol. The first-order valence-corrected chi connectivity index (χ1v) is 13.6. The molecule has 1 fully saturated rings. The van der Waals surface area contributed by atoms with Crippen LogP contribution < -0.4 is 4.74 Å². The molecule has 35 heavy (non-hydrogen) atoms. The highest BCUT2D eigenvalue weighted by atomic mass is 16.5. The molecule has 1 unspecified atom stereocenters. The summed E-state index contributed by atoms with van der Waals surface area (Å²) >= 11 is 0. The van der Waals surface area contributed by atoms with Crippen LogP contribution in [0, 0.1) is 5.41 Å². The number of unbranched alkanes of at least 4 members (excludes halogenated alkanes) is 1. The lowest BCUT2D eigenvalue weighted by molar-refractivity contribution is 0.126. The van der Waals surface area contributed by atoms with Crippen molar-refractivity contribution >= 4 is 6.08 Å². The van der Waals surface area contributed by atoms with Crippen LogP contribution >= 0.6 is 0 Å². The molecule has 0 aliphatic carbocycles. The summed E-state index contributed by atoms with van der Waals surface area (Å²) in [5, 5.41) is 0. The zero-order chi connectivity index (χ0) is 25.5. The van der Waals surface area contributed by atoms with Crippen LogP contribution in [0.15, 0.2) is 54.6 Å². The summed E-state index contributed by atoms with van der Waals surface area (Å²) in [6, 6.07) is 8.46.